The Hall–Kier alpha value is -2.32. The molecule has 1 aromatic carbocycles. The molecule has 3 amide bonds. The van der Waals surface area contributed by atoms with E-state index < -0.39 is 24.2 Å². The molecule has 27 heavy (non-hydrogen) atoms. The zero-order valence-electron chi connectivity index (χ0n) is 15.0. The van der Waals surface area contributed by atoms with E-state index in [-0.39, 0.29) is 18.2 Å². The maximum Gasteiger partial charge on any atom is 0.255 e. The second kappa shape index (κ2) is 7.01. The first-order valence-electron chi connectivity index (χ1n) is 9.30. The molecular formula is C19H23FN4O3. The highest BCUT2D eigenvalue weighted by Gasteiger charge is 2.40. The van der Waals surface area contributed by atoms with E-state index in [1.807, 2.05) is 18.2 Å². The fraction of sp³-hybridized carbons (Fsp3) is 0.526. The van der Waals surface area contributed by atoms with Gasteiger partial charge in [-0.3, -0.25) is 19.7 Å². The van der Waals surface area contributed by atoms with Crippen LogP contribution in [0.2, 0.25) is 0 Å². The van der Waals surface area contributed by atoms with Gasteiger partial charge >= 0.3 is 0 Å². The Morgan fingerprint density at radius 2 is 2.15 bits per heavy atom. The van der Waals surface area contributed by atoms with Crippen LogP contribution in [0.15, 0.2) is 18.2 Å². The summed E-state index contributed by atoms with van der Waals surface area (Å²) in [5, 5.41) is 8.77. The van der Waals surface area contributed by atoms with Crippen molar-refractivity contribution in [3.8, 4) is 0 Å². The second-order valence-corrected chi connectivity index (χ2v) is 7.55. The average molecular weight is 374 g/mol. The van der Waals surface area contributed by atoms with Crippen LogP contribution < -0.4 is 16.0 Å². The van der Waals surface area contributed by atoms with E-state index in [1.165, 1.54) is 4.90 Å². The molecule has 2 saturated heterocycles. The van der Waals surface area contributed by atoms with Crippen LogP contribution in [0, 0.1) is 0 Å². The van der Waals surface area contributed by atoms with Crippen molar-refractivity contribution in [2.24, 2.45) is 0 Å². The number of fused-ring (bicyclic) bond motifs is 1. The van der Waals surface area contributed by atoms with Crippen LogP contribution in [-0.2, 0) is 22.7 Å². The summed E-state index contributed by atoms with van der Waals surface area (Å²) in [5.74, 6) is -0.914. The zero-order chi connectivity index (χ0) is 19.0. The molecule has 8 heteroatoms. The number of imide groups is 1. The van der Waals surface area contributed by atoms with Gasteiger partial charge in [-0.2, -0.15) is 0 Å². The highest BCUT2D eigenvalue weighted by Crippen LogP contribution is 2.30. The Balaban J connectivity index is 1.53. The molecule has 2 fully saturated rings. The van der Waals surface area contributed by atoms with Gasteiger partial charge in [-0.1, -0.05) is 18.2 Å². The number of carbonyl (C=O) groups excluding carboxylic acids is 3. The first kappa shape index (κ1) is 18.1. The number of benzene rings is 1. The summed E-state index contributed by atoms with van der Waals surface area (Å²) in [7, 11) is 0. The molecule has 4 rings (SSSR count). The molecule has 144 valence electrons. The Morgan fingerprint density at radius 3 is 2.85 bits per heavy atom. The minimum atomic E-state index is -0.625. The van der Waals surface area contributed by atoms with Gasteiger partial charge in [-0.25, -0.2) is 4.39 Å². The van der Waals surface area contributed by atoms with Gasteiger partial charge in [0.05, 0.1) is 5.54 Å². The number of amides is 3. The average Bonchev–Trinajstić information content (AvgIpc) is 3.26. The summed E-state index contributed by atoms with van der Waals surface area (Å²) in [4.78, 5) is 38.1. The molecule has 0 spiro atoms. The lowest BCUT2D eigenvalue weighted by Gasteiger charge is -2.29. The smallest absolute Gasteiger partial charge is 0.255 e. The Bertz CT molecular complexity index is 791. The van der Waals surface area contributed by atoms with Crippen molar-refractivity contribution in [1.29, 1.82) is 0 Å². The third kappa shape index (κ3) is 3.23. The number of piperidine rings is 1. The number of halogens is 1. The van der Waals surface area contributed by atoms with Crippen LogP contribution in [0.1, 0.15) is 40.7 Å². The van der Waals surface area contributed by atoms with E-state index in [4.69, 9.17) is 0 Å². The molecule has 2 unspecified atom stereocenters. The number of alkyl halides is 1. The van der Waals surface area contributed by atoms with Crippen LogP contribution in [0.4, 0.5) is 4.39 Å². The van der Waals surface area contributed by atoms with E-state index in [0.29, 0.717) is 38.0 Å². The fourth-order valence-electron chi connectivity index (χ4n) is 4.18. The predicted octanol–water partition coefficient (Wildman–Crippen LogP) is 0.239. The first-order chi connectivity index (χ1) is 13.0. The highest BCUT2D eigenvalue weighted by molar-refractivity contribution is 6.05. The molecule has 7 nitrogen and oxygen atoms in total. The number of rotatable bonds is 5. The van der Waals surface area contributed by atoms with Gasteiger partial charge in [0.25, 0.3) is 5.91 Å². The fourth-order valence-corrected chi connectivity index (χ4v) is 4.18. The molecule has 3 heterocycles. The molecule has 3 aliphatic rings. The van der Waals surface area contributed by atoms with Crippen molar-refractivity contribution in [3.05, 3.63) is 34.9 Å². The summed E-state index contributed by atoms with van der Waals surface area (Å²) in [6.45, 7) is 1.61. The lowest BCUT2D eigenvalue weighted by Crippen LogP contribution is -2.52. The van der Waals surface area contributed by atoms with Gasteiger partial charge in [0.1, 0.15) is 12.7 Å². The number of nitrogens with one attached hydrogen (secondary N) is 3. The molecule has 1 aromatic rings. The molecule has 3 aliphatic heterocycles. The van der Waals surface area contributed by atoms with Crippen molar-refractivity contribution in [2.75, 3.05) is 19.8 Å². The molecule has 0 aliphatic carbocycles. The first-order valence-corrected chi connectivity index (χ1v) is 9.30. The van der Waals surface area contributed by atoms with Gasteiger partial charge in [-0.15, -0.1) is 0 Å². The molecule has 0 radical (unpaired) electrons. The molecule has 2 atom stereocenters. The van der Waals surface area contributed by atoms with E-state index in [2.05, 4.69) is 16.0 Å². The lowest BCUT2D eigenvalue weighted by atomic mass is 9.98. The summed E-state index contributed by atoms with van der Waals surface area (Å²) in [6, 6.07) is 5.00. The van der Waals surface area contributed by atoms with Crippen molar-refractivity contribution >= 4 is 17.7 Å². The van der Waals surface area contributed by atoms with Crippen LogP contribution in [-0.4, -0.2) is 54.0 Å². The largest absolute Gasteiger partial charge is 0.322 e. The van der Waals surface area contributed by atoms with Gasteiger partial charge < -0.3 is 15.5 Å². The monoisotopic (exact) mass is 374 g/mol. The SMILES string of the molecule is O=C1CCC(N2Cc3cccc(CNC4(CF)CCNC4)c3C2=O)C(=O)N1. The molecule has 0 saturated carbocycles. The third-order valence-corrected chi connectivity index (χ3v) is 5.79. The topological polar surface area (TPSA) is 90.5 Å². The van der Waals surface area contributed by atoms with Gasteiger partial charge in [-0.05, 0) is 30.5 Å². The second-order valence-electron chi connectivity index (χ2n) is 7.55. The van der Waals surface area contributed by atoms with Crippen LogP contribution >= 0.6 is 0 Å². The van der Waals surface area contributed by atoms with Gasteiger partial charge in [0.2, 0.25) is 11.8 Å². The normalized spacial score (nSPS) is 27.8. The van der Waals surface area contributed by atoms with Crippen molar-refractivity contribution in [3.63, 3.8) is 0 Å². The third-order valence-electron chi connectivity index (χ3n) is 5.79. The minimum Gasteiger partial charge on any atom is -0.322 e. The zero-order valence-corrected chi connectivity index (χ0v) is 15.0. The minimum absolute atomic E-state index is 0.198. The predicted molar refractivity (Wildman–Crippen MR) is 95.5 cm³/mol. The summed E-state index contributed by atoms with van der Waals surface area (Å²) >= 11 is 0. The van der Waals surface area contributed by atoms with Gasteiger partial charge in [0.15, 0.2) is 0 Å². The van der Waals surface area contributed by atoms with Gasteiger partial charge in [0, 0.05) is 31.6 Å². The van der Waals surface area contributed by atoms with Crippen LogP contribution in [0.5, 0.6) is 0 Å². The Morgan fingerprint density at radius 1 is 1.30 bits per heavy atom. The summed E-state index contributed by atoms with van der Waals surface area (Å²) < 4.78 is 13.5. The number of hydrogen-bond donors (Lipinski definition) is 3. The summed E-state index contributed by atoms with van der Waals surface area (Å²) in [6.07, 6.45) is 1.28. The highest BCUT2D eigenvalue weighted by atomic mass is 19.1. The van der Waals surface area contributed by atoms with Crippen molar-refractivity contribution < 1.29 is 18.8 Å². The number of nitrogens with zero attached hydrogens (tertiary/aromatic N) is 1. The maximum absolute atomic E-state index is 13.5. The standard InChI is InChI=1S/C19H23FN4O3/c20-10-19(6-7-21-11-19)22-8-12-2-1-3-13-9-24(18(27)16(12)13)14-4-5-15(25)23-17(14)26/h1-3,14,21-22H,4-11H2,(H,23,25,26). The molecule has 0 bridgehead atoms. The Kier molecular flexibility index (Phi) is 4.69. The number of hydrogen-bond acceptors (Lipinski definition) is 5. The maximum atomic E-state index is 13.5. The van der Waals surface area contributed by atoms with E-state index >= 15 is 0 Å². The Labute approximate surface area is 156 Å². The summed E-state index contributed by atoms with van der Waals surface area (Å²) in [5.41, 5.74) is 1.68. The van der Waals surface area contributed by atoms with Crippen LogP contribution in [0.25, 0.3) is 0 Å². The number of carbonyl (C=O) groups is 3. The van der Waals surface area contributed by atoms with E-state index in [1.54, 1.807) is 0 Å². The quantitative estimate of drug-likeness (QED) is 0.643. The van der Waals surface area contributed by atoms with E-state index in [9.17, 15) is 18.8 Å². The molecular weight excluding hydrogens is 351 g/mol. The molecule has 0 aromatic heterocycles. The molecule has 3 N–H and O–H groups in total. The lowest BCUT2D eigenvalue weighted by molar-refractivity contribution is -0.136. The van der Waals surface area contributed by atoms with Crippen molar-refractivity contribution in [1.82, 2.24) is 20.9 Å². The van der Waals surface area contributed by atoms with Crippen molar-refractivity contribution in [2.45, 2.75) is 43.9 Å². The van der Waals surface area contributed by atoms with Crippen LogP contribution in [0.3, 0.4) is 0 Å². The van der Waals surface area contributed by atoms with E-state index in [0.717, 1.165) is 17.7 Å².